The van der Waals surface area contributed by atoms with E-state index in [1.54, 1.807) is 17.0 Å². The van der Waals surface area contributed by atoms with Gasteiger partial charge in [0.2, 0.25) is 0 Å². The van der Waals surface area contributed by atoms with Crippen molar-refractivity contribution in [1.29, 1.82) is 0 Å². The van der Waals surface area contributed by atoms with Gasteiger partial charge >= 0.3 is 12.3 Å². The number of benzene rings is 2. The summed E-state index contributed by atoms with van der Waals surface area (Å²) in [5.41, 5.74) is 0.895. The molecule has 43 heavy (non-hydrogen) atoms. The fraction of sp³-hybridized carbons (Fsp3) is 0.357. The van der Waals surface area contributed by atoms with Crippen molar-refractivity contribution >= 4 is 45.6 Å². The Morgan fingerprint density at radius 1 is 1.21 bits per heavy atom. The normalized spacial score (nSPS) is 18.7. The number of carbonyl (C=O) groups is 1. The van der Waals surface area contributed by atoms with Crippen LogP contribution < -0.4 is 10.9 Å². The standard InChI is InChI=1S/C28H24ClF4N5O4S/c29-19-2-1-14(7-20(19)30)12-38-24(4-6-39)36-22-9-17(25-34-11-23(43-25)28(31,32)33)21(10-18(22)26(38)40)35-15-3-5-37-16(8-15)13-42-27(37)41/h1-2,7,9-11,15-16,35,39H,3-6,8,12-13H2/t15-,16-/m0/s1. The Bertz CT molecular complexity index is 1780. The number of nitrogens with one attached hydrogen (secondary N) is 1. The summed E-state index contributed by atoms with van der Waals surface area (Å²) >= 11 is 6.28. The second-order valence-corrected chi connectivity index (χ2v) is 11.8. The van der Waals surface area contributed by atoms with Crippen molar-refractivity contribution < 1.29 is 32.2 Å². The van der Waals surface area contributed by atoms with Gasteiger partial charge in [0.1, 0.15) is 28.1 Å². The first-order chi connectivity index (χ1) is 20.5. The van der Waals surface area contributed by atoms with Crippen molar-refractivity contribution in [2.75, 3.05) is 25.1 Å². The van der Waals surface area contributed by atoms with Crippen LogP contribution in [0.15, 0.2) is 41.3 Å². The Balaban J connectivity index is 1.46. The molecule has 0 radical (unpaired) electrons. The molecule has 0 spiro atoms. The van der Waals surface area contributed by atoms with Crippen LogP contribution in [-0.4, -0.2) is 62.5 Å². The predicted molar refractivity (Wildman–Crippen MR) is 152 cm³/mol. The third-order valence-electron chi connectivity index (χ3n) is 7.56. The third kappa shape index (κ3) is 5.78. The van der Waals surface area contributed by atoms with E-state index < -0.39 is 22.4 Å². The number of carbonyl (C=O) groups excluding carboxylic acids is 1. The summed E-state index contributed by atoms with van der Waals surface area (Å²) in [6.45, 7) is 0.310. The van der Waals surface area contributed by atoms with Gasteiger partial charge in [0.25, 0.3) is 5.56 Å². The number of anilines is 1. The van der Waals surface area contributed by atoms with Gasteiger partial charge in [-0.05, 0) is 42.7 Å². The molecule has 0 unspecified atom stereocenters. The topological polar surface area (TPSA) is 110 Å². The quantitative estimate of drug-likeness (QED) is 0.264. The lowest BCUT2D eigenvalue weighted by atomic mass is 9.97. The fourth-order valence-electron chi connectivity index (χ4n) is 5.47. The summed E-state index contributed by atoms with van der Waals surface area (Å²) in [6, 6.07) is 6.91. The van der Waals surface area contributed by atoms with Gasteiger partial charge in [-0.3, -0.25) is 9.36 Å². The number of alkyl halides is 3. The second kappa shape index (κ2) is 11.4. The molecule has 2 aliphatic rings. The number of hydrogen-bond acceptors (Lipinski definition) is 8. The number of hydrogen-bond donors (Lipinski definition) is 2. The van der Waals surface area contributed by atoms with E-state index in [1.165, 1.54) is 22.8 Å². The highest BCUT2D eigenvalue weighted by Crippen LogP contribution is 2.40. The maximum Gasteiger partial charge on any atom is 0.427 e. The van der Waals surface area contributed by atoms with Crippen molar-refractivity contribution in [2.24, 2.45) is 0 Å². The number of nitrogens with zero attached hydrogens (tertiary/aromatic N) is 4. The number of aliphatic hydroxyl groups excluding tert-OH is 1. The highest BCUT2D eigenvalue weighted by Gasteiger charge is 2.38. The second-order valence-electron chi connectivity index (χ2n) is 10.4. The Morgan fingerprint density at radius 3 is 2.74 bits per heavy atom. The SMILES string of the molecule is O=C1OC[C@@H]2C[C@@H](Nc3cc4c(=O)n(Cc5ccc(Cl)c(F)c5)c(CCO)nc4cc3-c3ncc(C(F)(F)F)s3)CCN12. The molecule has 226 valence electrons. The van der Waals surface area contributed by atoms with Crippen LogP contribution in [0.2, 0.25) is 5.02 Å². The lowest BCUT2D eigenvalue weighted by Crippen LogP contribution is -2.45. The summed E-state index contributed by atoms with van der Waals surface area (Å²) < 4.78 is 61.0. The molecule has 2 N–H and O–H groups in total. The molecule has 0 bridgehead atoms. The number of rotatable bonds is 7. The van der Waals surface area contributed by atoms with Crippen LogP contribution in [0, 0.1) is 5.82 Å². The molecule has 0 aliphatic carbocycles. The number of fused-ring (bicyclic) bond motifs is 2. The highest BCUT2D eigenvalue weighted by atomic mass is 35.5. The van der Waals surface area contributed by atoms with Gasteiger partial charge in [0.15, 0.2) is 0 Å². The Morgan fingerprint density at radius 2 is 2.02 bits per heavy atom. The molecular formula is C28H24ClF4N5O4S. The molecule has 1 amide bonds. The summed E-state index contributed by atoms with van der Waals surface area (Å²) in [5.74, 6) is -0.432. The average Bonchev–Trinajstić information content (AvgIpc) is 3.60. The maximum absolute atomic E-state index is 14.2. The van der Waals surface area contributed by atoms with Crippen LogP contribution in [0.4, 0.5) is 28.0 Å². The molecule has 2 aromatic carbocycles. The molecule has 4 aromatic rings. The first-order valence-corrected chi connectivity index (χ1v) is 14.6. The molecule has 9 nitrogen and oxygen atoms in total. The smallest absolute Gasteiger partial charge is 0.427 e. The minimum atomic E-state index is -4.58. The largest absolute Gasteiger partial charge is 0.447 e. The predicted octanol–water partition coefficient (Wildman–Crippen LogP) is 5.31. The van der Waals surface area contributed by atoms with Crippen LogP contribution in [0.1, 0.15) is 29.1 Å². The van der Waals surface area contributed by atoms with Gasteiger partial charge in [0.05, 0.1) is 41.3 Å². The molecular weight excluding hydrogens is 614 g/mol. The molecule has 4 heterocycles. The van der Waals surface area contributed by atoms with Crippen LogP contribution in [-0.2, 0) is 23.9 Å². The summed E-state index contributed by atoms with van der Waals surface area (Å²) in [6.07, 6.45) is -3.09. The van der Waals surface area contributed by atoms with E-state index in [-0.39, 0.29) is 71.1 Å². The summed E-state index contributed by atoms with van der Waals surface area (Å²) in [7, 11) is 0. The zero-order chi connectivity index (χ0) is 30.5. The zero-order valence-electron chi connectivity index (χ0n) is 22.3. The molecule has 2 aromatic heterocycles. The number of cyclic esters (lactones) is 1. The molecule has 2 saturated heterocycles. The number of halogens is 5. The third-order valence-corrected chi connectivity index (χ3v) is 8.94. The molecule has 0 saturated carbocycles. The van der Waals surface area contributed by atoms with E-state index in [0.717, 1.165) is 6.20 Å². The lowest BCUT2D eigenvalue weighted by Gasteiger charge is -2.33. The van der Waals surface area contributed by atoms with Gasteiger partial charge in [-0.25, -0.2) is 19.2 Å². The van der Waals surface area contributed by atoms with E-state index in [9.17, 15) is 32.3 Å². The number of aromatic nitrogens is 3. The van der Waals surface area contributed by atoms with Crippen LogP contribution in [0.3, 0.4) is 0 Å². The number of ether oxygens (including phenoxy) is 1. The number of amides is 1. The monoisotopic (exact) mass is 637 g/mol. The first kappa shape index (κ1) is 29.3. The minimum Gasteiger partial charge on any atom is -0.447 e. The number of piperidine rings is 1. The van der Waals surface area contributed by atoms with Crippen molar-refractivity contribution in [3.63, 3.8) is 0 Å². The lowest BCUT2D eigenvalue weighted by molar-refractivity contribution is -0.134. The Labute approximate surface area is 250 Å². The fourth-order valence-corrected chi connectivity index (χ4v) is 6.40. The van der Waals surface area contributed by atoms with Gasteiger partial charge in [-0.15, -0.1) is 11.3 Å². The Kier molecular flexibility index (Phi) is 7.77. The summed E-state index contributed by atoms with van der Waals surface area (Å²) in [4.78, 5) is 35.2. The number of aliphatic hydroxyl groups is 1. The zero-order valence-corrected chi connectivity index (χ0v) is 23.9. The van der Waals surface area contributed by atoms with Gasteiger partial charge in [0, 0.05) is 30.3 Å². The molecule has 15 heteroatoms. The van der Waals surface area contributed by atoms with E-state index in [0.29, 0.717) is 47.5 Å². The van der Waals surface area contributed by atoms with Gasteiger partial charge in [-0.1, -0.05) is 17.7 Å². The van der Waals surface area contributed by atoms with Crippen molar-refractivity contribution in [1.82, 2.24) is 19.4 Å². The van der Waals surface area contributed by atoms with E-state index in [4.69, 9.17) is 16.3 Å². The molecule has 2 fully saturated rings. The molecule has 2 atom stereocenters. The van der Waals surface area contributed by atoms with Crippen molar-refractivity contribution in [3.8, 4) is 10.6 Å². The van der Waals surface area contributed by atoms with Crippen LogP contribution >= 0.6 is 22.9 Å². The number of thiazole rings is 1. The van der Waals surface area contributed by atoms with E-state index >= 15 is 0 Å². The van der Waals surface area contributed by atoms with Crippen molar-refractivity contribution in [2.45, 2.75) is 44.1 Å². The minimum absolute atomic E-state index is 0.00676. The van der Waals surface area contributed by atoms with Crippen LogP contribution in [0.25, 0.3) is 21.5 Å². The van der Waals surface area contributed by atoms with E-state index in [1.807, 2.05) is 0 Å². The van der Waals surface area contributed by atoms with E-state index in [2.05, 4.69) is 15.3 Å². The molecule has 6 rings (SSSR count). The van der Waals surface area contributed by atoms with Gasteiger partial charge in [-0.2, -0.15) is 13.2 Å². The highest BCUT2D eigenvalue weighted by molar-refractivity contribution is 7.15. The van der Waals surface area contributed by atoms with Gasteiger partial charge < -0.3 is 20.1 Å². The first-order valence-electron chi connectivity index (χ1n) is 13.4. The van der Waals surface area contributed by atoms with Crippen LogP contribution in [0.5, 0.6) is 0 Å². The maximum atomic E-state index is 14.2. The Hall–Kier alpha value is -3.75. The average molecular weight is 638 g/mol. The summed E-state index contributed by atoms with van der Waals surface area (Å²) in [5, 5.41) is 13.2. The van der Waals surface area contributed by atoms with Crippen molar-refractivity contribution in [3.05, 3.63) is 74.0 Å². The molecule has 2 aliphatic heterocycles.